The highest BCUT2D eigenvalue weighted by molar-refractivity contribution is 9.10. The van der Waals surface area contributed by atoms with E-state index in [2.05, 4.69) is 11.6 Å². The first-order valence-corrected chi connectivity index (χ1v) is 1.93. The van der Waals surface area contributed by atoms with Crippen LogP contribution in [0.3, 0.4) is 0 Å². The lowest BCUT2D eigenvalue weighted by Gasteiger charge is -1.87. The SMILES string of the molecule is FC(F)([37Cl])[81Br]. The lowest BCUT2D eigenvalue weighted by atomic mass is 11.7. The molecule has 0 bridgehead atoms. The summed E-state index contributed by atoms with van der Waals surface area (Å²) in [6, 6.07) is 0. The number of hydrogen-bond donors (Lipinski definition) is 0. The van der Waals surface area contributed by atoms with Gasteiger partial charge in [-0.25, -0.2) is 0 Å². The van der Waals surface area contributed by atoms with Crippen molar-refractivity contribution in [3.63, 3.8) is 0 Å². The Morgan fingerprint density at radius 3 is 1.60 bits per heavy atom. The van der Waals surface area contributed by atoms with Gasteiger partial charge in [0.2, 0.25) is 0 Å². The molecule has 0 amide bonds. The zero-order valence-corrected chi connectivity index (χ0v) is 4.35. The molecule has 0 N–H and O–H groups in total. The smallest absolute Gasteiger partial charge is 0.177 e. The lowest BCUT2D eigenvalue weighted by Crippen LogP contribution is -1.85. The molecule has 0 fully saturated rings. The van der Waals surface area contributed by atoms with Gasteiger partial charge in [0.05, 0.1) is 0 Å². The molecule has 0 unspecified atom stereocenters. The summed E-state index contributed by atoms with van der Waals surface area (Å²) in [7, 11) is 0. The van der Waals surface area contributed by atoms with Gasteiger partial charge in [-0.2, -0.15) is 8.78 Å². The fraction of sp³-hybridized carbons (Fsp3) is 1.00. The highest BCUT2D eigenvalue weighted by Gasteiger charge is 2.16. The molecule has 0 aromatic carbocycles. The average molecular weight is 168 g/mol. The molecule has 0 radical (unpaired) electrons. The highest BCUT2D eigenvalue weighted by Crippen LogP contribution is 2.25. The Balaban J connectivity index is 3.02. The van der Waals surface area contributed by atoms with Crippen LogP contribution in [0.4, 0.5) is 8.78 Å². The normalized spacial score (nSPS) is 12.0. The molecule has 0 aromatic heterocycles. The van der Waals surface area contributed by atoms with Crippen molar-refractivity contribution >= 4 is 27.5 Å². The van der Waals surface area contributed by atoms with Crippen molar-refractivity contribution in [2.24, 2.45) is 0 Å². The second kappa shape index (κ2) is 1.39. The quantitative estimate of drug-likeness (QED) is 0.486. The van der Waals surface area contributed by atoms with Crippen LogP contribution in [0.5, 0.6) is 0 Å². The van der Waals surface area contributed by atoms with E-state index in [1.54, 1.807) is 0 Å². The Morgan fingerprint density at radius 1 is 1.60 bits per heavy atom. The van der Waals surface area contributed by atoms with Crippen molar-refractivity contribution in [1.29, 1.82) is 0 Å². The van der Waals surface area contributed by atoms with Crippen LogP contribution in [-0.2, 0) is 0 Å². The van der Waals surface area contributed by atoms with Gasteiger partial charge in [0, 0.05) is 15.9 Å². The molecule has 0 rings (SSSR count). The number of rotatable bonds is 0. The molecule has 0 aliphatic rings. The molecule has 0 saturated carbocycles. The van der Waals surface area contributed by atoms with Crippen molar-refractivity contribution in [2.75, 3.05) is 0 Å². The van der Waals surface area contributed by atoms with E-state index in [0.717, 1.165) is 0 Å². The molecular formula is CBrClF2. The van der Waals surface area contributed by atoms with E-state index in [-0.39, 0.29) is 0 Å². The van der Waals surface area contributed by atoms with E-state index in [4.69, 9.17) is 0 Å². The third kappa shape index (κ3) is 80.7. The molecule has 0 atom stereocenters. The van der Waals surface area contributed by atoms with Gasteiger partial charge < -0.3 is 0 Å². The fourth-order valence-corrected chi connectivity index (χ4v) is 0. The second-order valence-corrected chi connectivity index (χ2v) is 2.36. The zero-order valence-electron chi connectivity index (χ0n) is 2.01. The Bertz CT molecular complexity index is 25.1. The van der Waals surface area contributed by atoms with E-state index in [1.165, 1.54) is 0 Å². The summed E-state index contributed by atoms with van der Waals surface area (Å²) >= 11 is 5.92. The molecular weight excluding hydrogens is 168 g/mol. The first-order valence-electron chi connectivity index (χ1n) is 0.756. The Kier molecular flexibility index (Phi) is 1.56. The first-order chi connectivity index (χ1) is 2.00. The van der Waals surface area contributed by atoms with Crippen LogP contribution in [0.2, 0.25) is 0 Å². The van der Waals surface area contributed by atoms with Crippen molar-refractivity contribution in [2.45, 2.75) is 4.29 Å². The standard InChI is InChI=1S/CBrClF2/c2-1(3,4)5/i2+1,3+2. The molecule has 4 heteroatoms. The monoisotopic (exact) mass is 168 g/mol. The Morgan fingerprint density at radius 2 is 1.60 bits per heavy atom. The number of alkyl halides is 4. The predicted molar refractivity (Wildman–Crippen MR) is 19.7 cm³/mol. The second-order valence-electron chi connectivity index (χ2n) is 0.429. The summed E-state index contributed by atoms with van der Waals surface area (Å²) in [4.78, 5) is 0. The maximum Gasteiger partial charge on any atom is 0.378 e. The van der Waals surface area contributed by atoms with Crippen LogP contribution in [0, 0.1) is 0 Å². The maximum atomic E-state index is 10.7. The summed E-state index contributed by atoms with van der Waals surface area (Å²) in [5, 5.41) is 0. The van der Waals surface area contributed by atoms with E-state index in [0.29, 0.717) is 0 Å². The minimum atomic E-state index is -3.22. The van der Waals surface area contributed by atoms with Crippen molar-refractivity contribution < 1.29 is 8.78 Å². The van der Waals surface area contributed by atoms with Crippen LogP contribution >= 0.6 is 27.5 Å². The zero-order chi connectivity index (χ0) is 4.50. The first kappa shape index (κ1) is 5.63. The highest BCUT2D eigenvalue weighted by atomic mass is 80.9. The third-order valence-corrected chi connectivity index (χ3v) is 0. The molecule has 0 spiro atoms. The summed E-state index contributed by atoms with van der Waals surface area (Å²) in [6.07, 6.45) is 0. The van der Waals surface area contributed by atoms with Crippen molar-refractivity contribution in [1.82, 2.24) is 0 Å². The minimum absolute atomic E-state index is 1.81. The molecule has 0 aromatic rings. The van der Waals surface area contributed by atoms with Crippen LogP contribution in [-0.4, -0.2) is 4.29 Å². The molecule has 0 nitrogen and oxygen atoms in total. The maximum absolute atomic E-state index is 10.7. The van der Waals surface area contributed by atoms with Crippen LogP contribution in [0.1, 0.15) is 0 Å². The lowest BCUT2D eigenvalue weighted by molar-refractivity contribution is 0.212. The predicted octanol–water partition coefficient (Wildman–Crippen LogP) is 2.17. The van der Waals surface area contributed by atoms with Crippen LogP contribution in [0.15, 0.2) is 0 Å². The topological polar surface area (TPSA) is 0 Å². The number of hydrogen-bond acceptors (Lipinski definition) is 0. The average Bonchev–Trinajstić information content (AvgIpc) is 0.722. The Labute approximate surface area is 41.2 Å². The van der Waals surface area contributed by atoms with Gasteiger partial charge in [0.25, 0.3) is 0 Å². The minimum Gasteiger partial charge on any atom is -0.177 e. The largest absolute Gasteiger partial charge is 0.378 e. The van der Waals surface area contributed by atoms with Gasteiger partial charge in [0.1, 0.15) is 0 Å². The van der Waals surface area contributed by atoms with Gasteiger partial charge in [-0.1, -0.05) is 0 Å². The number of halogens is 4. The van der Waals surface area contributed by atoms with E-state index >= 15 is 0 Å². The summed E-state index contributed by atoms with van der Waals surface area (Å²) < 4.78 is 18.2. The molecule has 0 aliphatic heterocycles. The van der Waals surface area contributed by atoms with Gasteiger partial charge >= 0.3 is 4.29 Å². The van der Waals surface area contributed by atoms with E-state index < -0.39 is 4.29 Å². The molecule has 0 heterocycles. The van der Waals surface area contributed by atoms with E-state index in [1.807, 2.05) is 15.9 Å². The molecule has 0 saturated heterocycles. The molecule has 5 heavy (non-hydrogen) atoms. The third-order valence-electron chi connectivity index (χ3n) is 0. The molecule has 32 valence electrons. The van der Waals surface area contributed by atoms with Crippen LogP contribution < -0.4 is 0 Å². The van der Waals surface area contributed by atoms with Gasteiger partial charge in [-0.05, 0) is 11.6 Å². The summed E-state index contributed by atoms with van der Waals surface area (Å²) in [5.41, 5.74) is 0. The summed E-state index contributed by atoms with van der Waals surface area (Å²) in [5.74, 6) is 0. The van der Waals surface area contributed by atoms with Gasteiger partial charge in [0.15, 0.2) is 0 Å². The van der Waals surface area contributed by atoms with Gasteiger partial charge in [-0.15, -0.1) is 0 Å². The van der Waals surface area contributed by atoms with Gasteiger partial charge in [-0.3, -0.25) is 0 Å². The van der Waals surface area contributed by atoms with Crippen LogP contribution in [0.25, 0.3) is 0 Å². The van der Waals surface area contributed by atoms with E-state index in [9.17, 15) is 8.78 Å². The molecule has 0 aliphatic carbocycles. The Hall–Kier alpha value is 0.630. The van der Waals surface area contributed by atoms with Crippen molar-refractivity contribution in [3.8, 4) is 0 Å². The fourth-order valence-electron chi connectivity index (χ4n) is 0. The summed E-state index contributed by atoms with van der Waals surface area (Å²) in [6.45, 7) is 0. The van der Waals surface area contributed by atoms with Crippen molar-refractivity contribution in [3.05, 3.63) is 0 Å².